The molecule has 0 amide bonds. The van der Waals surface area contributed by atoms with Crippen molar-refractivity contribution >= 4 is 17.7 Å². The number of guanidine groups is 1. The average Bonchev–Trinajstić information content (AvgIpc) is 2.09. The van der Waals surface area contributed by atoms with Crippen molar-refractivity contribution in [1.29, 1.82) is 0 Å². The van der Waals surface area contributed by atoms with Crippen molar-refractivity contribution < 1.29 is 0 Å². The summed E-state index contributed by atoms with van der Waals surface area (Å²) >= 11 is 1.85. The van der Waals surface area contributed by atoms with Gasteiger partial charge in [-0.15, -0.1) is 0 Å². The second-order valence-corrected chi connectivity index (χ2v) is 4.38. The van der Waals surface area contributed by atoms with E-state index >= 15 is 0 Å². The monoisotopic (exact) mass is 203 g/mol. The van der Waals surface area contributed by atoms with Crippen LogP contribution in [0.5, 0.6) is 0 Å². The Morgan fingerprint density at radius 3 is 2.77 bits per heavy atom. The molecule has 13 heavy (non-hydrogen) atoms. The van der Waals surface area contributed by atoms with Gasteiger partial charge in [0.2, 0.25) is 0 Å². The van der Waals surface area contributed by atoms with Gasteiger partial charge in [0, 0.05) is 13.1 Å². The highest BCUT2D eigenvalue weighted by molar-refractivity contribution is 7.98. The van der Waals surface area contributed by atoms with Gasteiger partial charge >= 0.3 is 0 Å². The predicted octanol–water partition coefficient (Wildman–Crippen LogP) is 1.30. The van der Waals surface area contributed by atoms with E-state index in [1.807, 2.05) is 11.8 Å². The van der Waals surface area contributed by atoms with Crippen LogP contribution in [0.1, 0.15) is 20.3 Å². The summed E-state index contributed by atoms with van der Waals surface area (Å²) in [6.45, 7) is 5.99. The van der Waals surface area contributed by atoms with E-state index in [-0.39, 0.29) is 0 Å². The SMILES string of the molecule is CSCCCNC(N)=NCC(C)C. The lowest BCUT2D eigenvalue weighted by molar-refractivity contribution is 0.661. The maximum atomic E-state index is 5.64. The Labute approximate surface area is 85.6 Å². The molecule has 0 aromatic carbocycles. The molecule has 0 saturated heterocycles. The van der Waals surface area contributed by atoms with Crippen LogP contribution in [0.3, 0.4) is 0 Å². The number of hydrogen-bond donors (Lipinski definition) is 2. The van der Waals surface area contributed by atoms with Gasteiger partial charge in [0.1, 0.15) is 0 Å². The number of nitrogens with two attached hydrogens (primary N) is 1. The maximum absolute atomic E-state index is 5.64. The molecular formula is C9H21N3S. The van der Waals surface area contributed by atoms with Crippen LogP contribution in [-0.2, 0) is 0 Å². The molecule has 0 aliphatic rings. The molecule has 0 unspecified atom stereocenters. The fraction of sp³-hybridized carbons (Fsp3) is 0.889. The molecule has 3 nitrogen and oxygen atoms in total. The van der Waals surface area contributed by atoms with E-state index in [4.69, 9.17) is 5.73 Å². The summed E-state index contributed by atoms with van der Waals surface area (Å²) in [7, 11) is 0. The minimum absolute atomic E-state index is 0.576. The van der Waals surface area contributed by atoms with E-state index < -0.39 is 0 Å². The number of aliphatic imine (C=N–C) groups is 1. The van der Waals surface area contributed by atoms with Crippen LogP contribution >= 0.6 is 11.8 Å². The number of nitrogens with one attached hydrogen (secondary N) is 1. The van der Waals surface area contributed by atoms with Gasteiger partial charge in [-0.3, -0.25) is 4.99 Å². The first kappa shape index (κ1) is 12.6. The average molecular weight is 203 g/mol. The normalized spacial score (nSPS) is 12.2. The third-order valence-corrected chi connectivity index (χ3v) is 2.16. The van der Waals surface area contributed by atoms with Gasteiger partial charge in [0.05, 0.1) is 0 Å². The van der Waals surface area contributed by atoms with Gasteiger partial charge in [-0.05, 0) is 24.3 Å². The molecule has 3 N–H and O–H groups in total. The minimum atomic E-state index is 0.576. The first-order chi connectivity index (χ1) is 6.16. The van der Waals surface area contributed by atoms with Crippen LogP contribution in [0.4, 0.5) is 0 Å². The number of nitrogens with zero attached hydrogens (tertiary/aromatic N) is 1. The summed E-state index contributed by atoms with van der Waals surface area (Å²) in [5, 5.41) is 3.09. The predicted molar refractivity (Wildman–Crippen MR) is 62.3 cm³/mol. The molecule has 0 spiro atoms. The van der Waals surface area contributed by atoms with E-state index in [1.54, 1.807) is 0 Å². The number of rotatable bonds is 6. The van der Waals surface area contributed by atoms with Crippen LogP contribution in [-0.4, -0.2) is 31.1 Å². The smallest absolute Gasteiger partial charge is 0.188 e. The lowest BCUT2D eigenvalue weighted by atomic mass is 10.2. The topological polar surface area (TPSA) is 50.4 Å². The Kier molecular flexibility index (Phi) is 7.99. The van der Waals surface area contributed by atoms with Gasteiger partial charge in [0.25, 0.3) is 0 Å². The second kappa shape index (κ2) is 8.23. The van der Waals surface area contributed by atoms with Crippen LogP contribution in [0.2, 0.25) is 0 Å². The highest BCUT2D eigenvalue weighted by atomic mass is 32.2. The van der Waals surface area contributed by atoms with Crippen LogP contribution < -0.4 is 11.1 Å². The molecule has 0 aliphatic carbocycles. The minimum Gasteiger partial charge on any atom is -0.370 e. The summed E-state index contributed by atoms with van der Waals surface area (Å²) in [4.78, 5) is 4.20. The summed E-state index contributed by atoms with van der Waals surface area (Å²) in [6.07, 6.45) is 3.25. The van der Waals surface area contributed by atoms with Crippen molar-refractivity contribution in [3.8, 4) is 0 Å². The van der Waals surface area contributed by atoms with Gasteiger partial charge < -0.3 is 11.1 Å². The quantitative estimate of drug-likeness (QED) is 0.389. The van der Waals surface area contributed by atoms with Crippen LogP contribution in [0, 0.1) is 5.92 Å². The maximum Gasteiger partial charge on any atom is 0.188 e. The third-order valence-electron chi connectivity index (χ3n) is 1.46. The largest absolute Gasteiger partial charge is 0.370 e. The molecule has 0 bridgehead atoms. The van der Waals surface area contributed by atoms with Crippen molar-refractivity contribution in [3.63, 3.8) is 0 Å². The Morgan fingerprint density at radius 1 is 1.54 bits per heavy atom. The van der Waals surface area contributed by atoms with Crippen molar-refractivity contribution in [3.05, 3.63) is 0 Å². The second-order valence-electron chi connectivity index (χ2n) is 3.39. The molecule has 0 saturated carbocycles. The molecule has 0 heterocycles. The molecular weight excluding hydrogens is 182 g/mol. The highest BCUT2D eigenvalue weighted by Crippen LogP contribution is 1.93. The molecule has 0 aliphatic heterocycles. The zero-order valence-electron chi connectivity index (χ0n) is 8.84. The lowest BCUT2D eigenvalue weighted by Gasteiger charge is -2.05. The van der Waals surface area contributed by atoms with Crippen molar-refractivity contribution in [2.24, 2.45) is 16.6 Å². The molecule has 0 radical (unpaired) electrons. The van der Waals surface area contributed by atoms with Gasteiger partial charge in [0.15, 0.2) is 5.96 Å². The molecule has 0 atom stereocenters. The Morgan fingerprint density at radius 2 is 2.23 bits per heavy atom. The summed E-state index contributed by atoms with van der Waals surface area (Å²) in [5.41, 5.74) is 5.64. The molecule has 0 aromatic rings. The fourth-order valence-electron chi connectivity index (χ4n) is 0.770. The summed E-state index contributed by atoms with van der Waals surface area (Å²) in [5.74, 6) is 2.33. The van der Waals surface area contributed by atoms with E-state index in [0.717, 1.165) is 19.5 Å². The Bertz CT molecular complexity index is 146. The van der Waals surface area contributed by atoms with E-state index in [0.29, 0.717) is 11.9 Å². The fourth-order valence-corrected chi connectivity index (χ4v) is 1.20. The summed E-state index contributed by atoms with van der Waals surface area (Å²) < 4.78 is 0. The van der Waals surface area contributed by atoms with Crippen molar-refractivity contribution in [2.45, 2.75) is 20.3 Å². The molecule has 78 valence electrons. The molecule has 0 rings (SSSR count). The highest BCUT2D eigenvalue weighted by Gasteiger charge is 1.93. The van der Waals surface area contributed by atoms with Gasteiger partial charge in [-0.1, -0.05) is 13.8 Å². The molecule has 4 heteroatoms. The van der Waals surface area contributed by atoms with Crippen molar-refractivity contribution in [2.75, 3.05) is 25.1 Å². The van der Waals surface area contributed by atoms with E-state index in [2.05, 4.69) is 30.4 Å². The van der Waals surface area contributed by atoms with Crippen LogP contribution in [0.15, 0.2) is 4.99 Å². The lowest BCUT2D eigenvalue weighted by Crippen LogP contribution is -2.33. The Hall–Kier alpha value is -0.380. The zero-order chi connectivity index (χ0) is 10.1. The first-order valence-electron chi connectivity index (χ1n) is 4.69. The summed E-state index contributed by atoms with van der Waals surface area (Å²) in [6, 6.07) is 0. The molecule has 0 fully saturated rings. The standard InChI is InChI=1S/C9H21N3S/c1-8(2)7-12-9(10)11-5-4-6-13-3/h8H,4-7H2,1-3H3,(H3,10,11,12). The van der Waals surface area contributed by atoms with E-state index in [9.17, 15) is 0 Å². The van der Waals surface area contributed by atoms with Crippen molar-refractivity contribution in [1.82, 2.24) is 5.32 Å². The van der Waals surface area contributed by atoms with Crippen LogP contribution in [0.25, 0.3) is 0 Å². The third kappa shape index (κ3) is 9.53. The Balaban J connectivity index is 3.38. The number of thioether (sulfide) groups is 1. The molecule has 0 aromatic heterocycles. The van der Waals surface area contributed by atoms with Gasteiger partial charge in [-0.2, -0.15) is 11.8 Å². The van der Waals surface area contributed by atoms with E-state index in [1.165, 1.54) is 5.75 Å². The first-order valence-corrected chi connectivity index (χ1v) is 6.09. The zero-order valence-corrected chi connectivity index (χ0v) is 9.66. The number of hydrogen-bond acceptors (Lipinski definition) is 2. The van der Waals surface area contributed by atoms with Gasteiger partial charge in [-0.25, -0.2) is 0 Å².